The minimum atomic E-state index is 0.732. The van der Waals surface area contributed by atoms with Gasteiger partial charge in [-0.15, -0.1) is 0 Å². The maximum Gasteiger partial charge on any atom is 0.0662 e. The number of benzene rings is 1. The van der Waals surface area contributed by atoms with Crippen LogP contribution in [0.25, 0.3) is 0 Å². The van der Waals surface area contributed by atoms with Gasteiger partial charge in [-0.25, -0.2) is 0 Å². The summed E-state index contributed by atoms with van der Waals surface area (Å²) in [4.78, 5) is 5.30. The molecule has 1 aromatic heterocycles. The molecule has 1 N–H and O–H groups in total. The van der Waals surface area contributed by atoms with Crippen molar-refractivity contribution in [2.24, 2.45) is 0 Å². The Morgan fingerprint density at radius 2 is 1.74 bits per heavy atom. The van der Waals surface area contributed by atoms with Crippen molar-refractivity contribution in [3.05, 3.63) is 52.3 Å². The molecule has 0 spiro atoms. The highest BCUT2D eigenvalue weighted by molar-refractivity contribution is 5.27. The van der Waals surface area contributed by atoms with E-state index in [9.17, 15) is 0 Å². The topological polar surface area (TPSA) is 36.3 Å². The van der Waals surface area contributed by atoms with Gasteiger partial charge in [0.05, 0.1) is 12.2 Å². The Hall–Kier alpha value is -1.69. The monoisotopic (exact) mass is 367 g/mol. The smallest absolute Gasteiger partial charge is 0.0662 e. The zero-order valence-electron chi connectivity index (χ0n) is 17.0. The van der Waals surface area contributed by atoms with Crippen LogP contribution in [0.4, 0.5) is 0 Å². The largest absolute Gasteiger partial charge is 0.314 e. The summed E-state index contributed by atoms with van der Waals surface area (Å²) in [6, 6.07) is 9.52. The fourth-order valence-electron chi connectivity index (χ4n) is 4.51. The lowest BCUT2D eigenvalue weighted by atomic mass is 10.1. The Balaban J connectivity index is 1.40. The Kier molecular flexibility index (Phi) is 5.62. The molecular formula is C22H33N5. The second-order valence-corrected chi connectivity index (χ2v) is 8.26. The maximum absolute atomic E-state index is 4.85. The van der Waals surface area contributed by atoms with E-state index in [1.165, 1.54) is 60.7 Å². The van der Waals surface area contributed by atoms with Gasteiger partial charge in [-0.05, 0) is 32.8 Å². The summed E-state index contributed by atoms with van der Waals surface area (Å²) in [5.41, 5.74) is 6.55. The van der Waals surface area contributed by atoms with Crippen molar-refractivity contribution in [1.29, 1.82) is 0 Å². The van der Waals surface area contributed by atoms with E-state index in [-0.39, 0.29) is 0 Å². The van der Waals surface area contributed by atoms with Gasteiger partial charge >= 0.3 is 0 Å². The fraction of sp³-hybridized carbons (Fsp3) is 0.591. The van der Waals surface area contributed by atoms with Crippen molar-refractivity contribution in [1.82, 2.24) is 24.9 Å². The van der Waals surface area contributed by atoms with Crippen LogP contribution >= 0.6 is 0 Å². The van der Waals surface area contributed by atoms with Crippen LogP contribution in [0.3, 0.4) is 0 Å². The summed E-state index contributed by atoms with van der Waals surface area (Å²) in [5, 5.41) is 8.31. The van der Waals surface area contributed by atoms with Crippen LogP contribution in [0, 0.1) is 20.8 Å². The van der Waals surface area contributed by atoms with E-state index >= 15 is 0 Å². The number of hydrogen-bond donors (Lipinski definition) is 1. The molecule has 2 aliphatic heterocycles. The molecule has 2 aromatic rings. The fourth-order valence-corrected chi connectivity index (χ4v) is 4.51. The van der Waals surface area contributed by atoms with E-state index in [4.69, 9.17) is 5.10 Å². The minimum absolute atomic E-state index is 0.732. The number of likely N-dealkylation sites (tertiary alicyclic amines) is 1. The first kappa shape index (κ1) is 18.7. The molecule has 0 radical (unpaired) electrons. The lowest BCUT2D eigenvalue weighted by molar-refractivity contribution is 0.170. The second-order valence-electron chi connectivity index (χ2n) is 8.26. The SMILES string of the molecule is Cc1ccc(Cn2nc(C)c(CN3CCC(N4CCNCC4)C3)c2C)cc1. The van der Waals surface area contributed by atoms with Crippen LogP contribution in [0.1, 0.15) is 34.5 Å². The van der Waals surface area contributed by atoms with Gasteiger partial charge in [0.15, 0.2) is 0 Å². The summed E-state index contributed by atoms with van der Waals surface area (Å²) in [5.74, 6) is 0. The van der Waals surface area contributed by atoms with E-state index in [2.05, 4.69) is 64.8 Å². The molecule has 146 valence electrons. The zero-order chi connectivity index (χ0) is 18.8. The normalized spacial score (nSPS) is 21.8. The molecule has 2 aliphatic rings. The van der Waals surface area contributed by atoms with Gasteiger partial charge < -0.3 is 5.32 Å². The molecule has 3 heterocycles. The van der Waals surface area contributed by atoms with E-state index in [0.717, 1.165) is 32.2 Å². The van der Waals surface area contributed by atoms with E-state index < -0.39 is 0 Å². The lowest BCUT2D eigenvalue weighted by Gasteiger charge is -2.32. The third-order valence-corrected chi connectivity index (χ3v) is 6.28. The Labute approximate surface area is 163 Å². The summed E-state index contributed by atoms with van der Waals surface area (Å²) < 4.78 is 2.18. The van der Waals surface area contributed by atoms with Gasteiger partial charge in [0.25, 0.3) is 0 Å². The third-order valence-electron chi connectivity index (χ3n) is 6.28. The van der Waals surface area contributed by atoms with Crippen LogP contribution in [-0.2, 0) is 13.1 Å². The molecule has 5 nitrogen and oxygen atoms in total. The maximum atomic E-state index is 4.85. The van der Waals surface area contributed by atoms with Gasteiger partial charge in [-0.1, -0.05) is 29.8 Å². The van der Waals surface area contributed by atoms with Crippen molar-refractivity contribution in [3.63, 3.8) is 0 Å². The number of aryl methyl sites for hydroxylation is 2. The average molecular weight is 368 g/mol. The van der Waals surface area contributed by atoms with Gasteiger partial charge in [-0.3, -0.25) is 14.5 Å². The van der Waals surface area contributed by atoms with Gasteiger partial charge in [-0.2, -0.15) is 5.10 Å². The average Bonchev–Trinajstić information content (AvgIpc) is 3.25. The minimum Gasteiger partial charge on any atom is -0.314 e. The number of piperazine rings is 1. The molecule has 1 unspecified atom stereocenters. The molecule has 1 aromatic carbocycles. The van der Waals surface area contributed by atoms with Gasteiger partial charge in [0, 0.05) is 63.1 Å². The van der Waals surface area contributed by atoms with Crippen molar-refractivity contribution in [2.45, 2.75) is 46.3 Å². The summed E-state index contributed by atoms with van der Waals surface area (Å²) in [6.07, 6.45) is 1.30. The molecule has 0 saturated carbocycles. The van der Waals surface area contributed by atoms with E-state index in [1.807, 2.05) is 0 Å². The second kappa shape index (κ2) is 8.13. The zero-order valence-corrected chi connectivity index (χ0v) is 17.0. The third kappa shape index (κ3) is 4.26. The highest BCUT2D eigenvalue weighted by Crippen LogP contribution is 2.22. The Bertz CT molecular complexity index is 758. The molecule has 2 saturated heterocycles. The first-order valence-corrected chi connectivity index (χ1v) is 10.4. The van der Waals surface area contributed by atoms with Crippen molar-refractivity contribution < 1.29 is 0 Å². The molecular weight excluding hydrogens is 334 g/mol. The molecule has 4 rings (SSSR count). The first-order valence-electron chi connectivity index (χ1n) is 10.4. The van der Waals surface area contributed by atoms with Crippen molar-refractivity contribution >= 4 is 0 Å². The van der Waals surface area contributed by atoms with E-state index in [0.29, 0.717) is 0 Å². The lowest BCUT2D eigenvalue weighted by Crippen LogP contribution is -2.49. The highest BCUT2D eigenvalue weighted by Gasteiger charge is 2.29. The number of nitrogens with zero attached hydrogens (tertiary/aromatic N) is 4. The quantitative estimate of drug-likeness (QED) is 0.880. The molecule has 0 aliphatic carbocycles. The van der Waals surface area contributed by atoms with Crippen molar-refractivity contribution in [3.8, 4) is 0 Å². The predicted molar refractivity (Wildman–Crippen MR) is 110 cm³/mol. The van der Waals surface area contributed by atoms with Crippen molar-refractivity contribution in [2.75, 3.05) is 39.3 Å². The highest BCUT2D eigenvalue weighted by atomic mass is 15.3. The number of rotatable bonds is 5. The predicted octanol–water partition coefficient (Wildman–Crippen LogP) is 2.34. The number of aromatic nitrogens is 2. The Morgan fingerprint density at radius 3 is 2.48 bits per heavy atom. The van der Waals surface area contributed by atoms with Crippen LogP contribution in [-0.4, -0.2) is 64.9 Å². The van der Waals surface area contributed by atoms with Crippen LogP contribution < -0.4 is 5.32 Å². The Morgan fingerprint density at radius 1 is 1.00 bits per heavy atom. The molecule has 0 amide bonds. The van der Waals surface area contributed by atoms with Gasteiger partial charge in [0.1, 0.15) is 0 Å². The molecule has 2 fully saturated rings. The van der Waals surface area contributed by atoms with Crippen LogP contribution in [0.2, 0.25) is 0 Å². The molecule has 27 heavy (non-hydrogen) atoms. The molecule has 5 heteroatoms. The van der Waals surface area contributed by atoms with Crippen LogP contribution in [0.5, 0.6) is 0 Å². The summed E-state index contributed by atoms with van der Waals surface area (Å²) in [6.45, 7) is 15.5. The summed E-state index contributed by atoms with van der Waals surface area (Å²) in [7, 11) is 0. The number of nitrogens with one attached hydrogen (secondary N) is 1. The standard InChI is InChI=1S/C22H33N5/c1-17-4-6-20(7-5-17)14-27-19(3)22(18(2)24-27)16-25-11-8-21(15-25)26-12-9-23-10-13-26/h4-7,21,23H,8-16H2,1-3H3. The molecule has 1 atom stereocenters. The number of hydrogen-bond acceptors (Lipinski definition) is 4. The molecule has 0 bridgehead atoms. The van der Waals surface area contributed by atoms with E-state index in [1.54, 1.807) is 0 Å². The van der Waals surface area contributed by atoms with Gasteiger partial charge in [0.2, 0.25) is 0 Å². The van der Waals surface area contributed by atoms with Crippen LogP contribution in [0.15, 0.2) is 24.3 Å². The summed E-state index contributed by atoms with van der Waals surface area (Å²) >= 11 is 0. The first-order chi connectivity index (χ1) is 13.1.